The van der Waals surface area contributed by atoms with Gasteiger partial charge in [-0.1, -0.05) is 36.8 Å². The van der Waals surface area contributed by atoms with Gasteiger partial charge in [0.25, 0.3) is 0 Å². The number of aromatic nitrogens is 2. The van der Waals surface area contributed by atoms with Crippen molar-refractivity contribution in [3.8, 4) is 0 Å². The third-order valence-electron chi connectivity index (χ3n) is 3.01. The zero-order chi connectivity index (χ0) is 12.8. The standard InChI is InChI=1S/C15H19N3/c1-3-14(18-15-11-16-8-9-17-15)10-13-6-4-12(2)5-7-13/h4-9,11,14H,3,10H2,1-2H3,(H,17,18). The molecule has 3 nitrogen and oxygen atoms in total. The number of nitrogens with one attached hydrogen (secondary N) is 1. The van der Waals surface area contributed by atoms with E-state index < -0.39 is 0 Å². The van der Waals surface area contributed by atoms with Gasteiger partial charge in [0.05, 0.1) is 6.20 Å². The minimum absolute atomic E-state index is 0.393. The molecule has 0 saturated heterocycles. The zero-order valence-electron chi connectivity index (χ0n) is 10.9. The summed E-state index contributed by atoms with van der Waals surface area (Å²) in [5.74, 6) is 0.844. The Kier molecular flexibility index (Phi) is 4.29. The normalized spacial score (nSPS) is 12.1. The van der Waals surface area contributed by atoms with Gasteiger partial charge in [-0.2, -0.15) is 0 Å². The summed E-state index contributed by atoms with van der Waals surface area (Å²) in [4.78, 5) is 8.31. The summed E-state index contributed by atoms with van der Waals surface area (Å²) >= 11 is 0. The largest absolute Gasteiger partial charge is 0.366 e. The number of hydrogen-bond donors (Lipinski definition) is 1. The molecule has 1 atom stereocenters. The van der Waals surface area contributed by atoms with Crippen molar-refractivity contribution in [2.45, 2.75) is 32.7 Å². The molecule has 0 aliphatic heterocycles. The van der Waals surface area contributed by atoms with Crippen molar-refractivity contribution in [2.75, 3.05) is 5.32 Å². The van der Waals surface area contributed by atoms with Crippen LogP contribution in [0.4, 0.5) is 5.82 Å². The van der Waals surface area contributed by atoms with Crippen molar-refractivity contribution in [3.63, 3.8) is 0 Å². The van der Waals surface area contributed by atoms with Crippen molar-refractivity contribution in [1.29, 1.82) is 0 Å². The maximum absolute atomic E-state index is 4.25. The van der Waals surface area contributed by atoms with E-state index in [1.54, 1.807) is 18.6 Å². The van der Waals surface area contributed by atoms with E-state index in [1.807, 2.05) is 0 Å². The molecule has 0 aliphatic rings. The topological polar surface area (TPSA) is 37.8 Å². The Labute approximate surface area is 108 Å². The lowest BCUT2D eigenvalue weighted by Gasteiger charge is -2.17. The van der Waals surface area contributed by atoms with Crippen LogP contribution in [0.5, 0.6) is 0 Å². The van der Waals surface area contributed by atoms with Crippen LogP contribution >= 0.6 is 0 Å². The Bertz CT molecular complexity index is 465. The Morgan fingerprint density at radius 1 is 1.17 bits per heavy atom. The van der Waals surface area contributed by atoms with E-state index in [9.17, 15) is 0 Å². The van der Waals surface area contributed by atoms with Crippen molar-refractivity contribution < 1.29 is 0 Å². The molecule has 1 aromatic heterocycles. The molecule has 94 valence electrons. The van der Waals surface area contributed by atoms with Gasteiger partial charge in [0, 0.05) is 18.4 Å². The van der Waals surface area contributed by atoms with E-state index in [-0.39, 0.29) is 0 Å². The minimum atomic E-state index is 0.393. The second-order valence-electron chi connectivity index (χ2n) is 4.53. The first-order valence-corrected chi connectivity index (χ1v) is 6.36. The average Bonchev–Trinajstić information content (AvgIpc) is 2.41. The van der Waals surface area contributed by atoms with E-state index >= 15 is 0 Å². The summed E-state index contributed by atoms with van der Waals surface area (Å²) < 4.78 is 0. The van der Waals surface area contributed by atoms with Gasteiger partial charge in [0.15, 0.2) is 0 Å². The van der Waals surface area contributed by atoms with Crippen LogP contribution in [-0.2, 0) is 6.42 Å². The molecular weight excluding hydrogens is 222 g/mol. The Hall–Kier alpha value is -1.90. The summed E-state index contributed by atoms with van der Waals surface area (Å²) in [7, 11) is 0. The highest BCUT2D eigenvalue weighted by Crippen LogP contribution is 2.11. The SMILES string of the molecule is CCC(Cc1ccc(C)cc1)Nc1cnccn1. The van der Waals surface area contributed by atoms with Crippen molar-refractivity contribution in [2.24, 2.45) is 0 Å². The molecule has 3 heteroatoms. The van der Waals surface area contributed by atoms with Crippen LogP contribution in [0.3, 0.4) is 0 Å². The quantitative estimate of drug-likeness (QED) is 0.873. The van der Waals surface area contributed by atoms with Crippen molar-refractivity contribution >= 4 is 5.82 Å². The first-order valence-electron chi connectivity index (χ1n) is 6.36. The lowest BCUT2D eigenvalue weighted by Crippen LogP contribution is -2.21. The summed E-state index contributed by atoms with van der Waals surface area (Å²) in [6, 6.07) is 9.09. The van der Waals surface area contributed by atoms with E-state index in [0.717, 1.165) is 18.7 Å². The summed E-state index contributed by atoms with van der Waals surface area (Å²) in [6.45, 7) is 4.29. The molecule has 1 N–H and O–H groups in total. The van der Waals surface area contributed by atoms with Crippen LogP contribution in [0.15, 0.2) is 42.9 Å². The fraction of sp³-hybridized carbons (Fsp3) is 0.333. The summed E-state index contributed by atoms with van der Waals surface area (Å²) in [6.07, 6.45) is 7.22. The summed E-state index contributed by atoms with van der Waals surface area (Å²) in [5.41, 5.74) is 2.65. The predicted molar refractivity (Wildman–Crippen MR) is 74.6 cm³/mol. The lowest BCUT2D eigenvalue weighted by atomic mass is 10.0. The molecule has 2 rings (SSSR count). The number of nitrogens with zero attached hydrogens (tertiary/aromatic N) is 2. The second-order valence-corrected chi connectivity index (χ2v) is 4.53. The average molecular weight is 241 g/mol. The highest BCUT2D eigenvalue weighted by Gasteiger charge is 2.07. The van der Waals surface area contributed by atoms with Gasteiger partial charge in [-0.05, 0) is 25.3 Å². The van der Waals surface area contributed by atoms with E-state index in [4.69, 9.17) is 0 Å². The molecule has 2 aromatic rings. The number of rotatable bonds is 5. The van der Waals surface area contributed by atoms with E-state index in [0.29, 0.717) is 6.04 Å². The fourth-order valence-corrected chi connectivity index (χ4v) is 1.89. The third kappa shape index (κ3) is 3.55. The van der Waals surface area contributed by atoms with E-state index in [2.05, 4.69) is 53.4 Å². The first-order chi connectivity index (χ1) is 8.78. The van der Waals surface area contributed by atoms with Crippen LogP contribution in [0.1, 0.15) is 24.5 Å². The third-order valence-corrected chi connectivity index (χ3v) is 3.01. The molecular formula is C15H19N3. The Morgan fingerprint density at radius 3 is 2.56 bits per heavy atom. The molecule has 1 aromatic carbocycles. The van der Waals surface area contributed by atoms with Crippen LogP contribution in [0, 0.1) is 6.92 Å². The minimum Gasteiger partial charge on any atom is -0.366 e. The second kappa shape index (κ2) is 6.15. The van der Waals surface area contributed by atoms with Crippen LogP contribution < -0.4 is 5.32 Å². The highest BCUT2D eigenvalue weighted by atomic mass is 15.0. The summed E-state index contributed by atoms with van der Waals surface area (Å²) in [5, 5.41) is 3.42. The van der Waals surface area contributed by atoms with Gasteiger partial charge < -0.3 is 5.32 Å². The Balaban J connectivity index is 1.99. The van der Waals surface area contributed by atoms with Crippen LogP contribution in [-0.4, -0.2) is 16.0 Å². The van der Waals surface area contributed by atoms with Gasteiger partial charge in [-0.15, -0.1) is 0 Å². The lowest BCUT2D eigenvalue weighted by molar-refractivity contribution is 0.686. The molecule has 0 aliphatic carbocycles. The van der Waals surface area contributed by atoms with Crippen LogP contribution in [0.2, 0.25) is 0 Å². The van der Waals surface area contributed by atoms with Gasteiger partial charge in [-0.3, -0.25) is 4.98 Å². The van der Waals surface area contributed by atoms with Gasteiger partial charge >= 0.3 is 0 Å². The molecule has 1 heterocycles. The molecule has 18 heavy (non-hydrogen) atoms. The van der Waals surface area contributed by atoms with Gasteiger partial charge in [0.1, 0.15) is 5.82 Å². The molecule has 0 radical (unpaired) electrons. The molecule has 1 unspecified atom stereocenters. The smallest absolute Gasteiger partial charge is 0.144 e. The monoisotopic (exact) mass is 241 g/mol. The first kappa shape index (κ1) is 12.6. The molecule has 0 spiro atoms. The molecule has 0 fully saturated rings. The Morgan fingerprint density at radius 2 is 1.94 bits per heavy atom. The van der Waals surface area contributed by atoms with Gasteiger partial charge in [-0.25, -0.2) is 4.98 Å². The predicted octanol–water partition coefficient (Wildman–Crippen LogP) is 3.22. The maximum Gasteiger partial charge on any atom is 0.144 e. The van der Waals surface area contributed by atoms with Gasteiger partial charge in [0.2, 0.25) is 0 Å². The number of anilines is 1. The zero-order valence-corrected chi connectivity index (χ0v) is 10.9. The molecule has 0 bridgehead atoms. The maximum atomic E-state index is 4.25. The number of aryl methyl sites for hydroxylation is 1. The molecule has 0 saturated carbocycles. The molecule has 0 amide bonds. The highest BCUT2D eigenvalue weighted by molar-refractivity contribution is 5.32. The van der Waals surface area contributed by atoms with E-state index in [1.165, 1.54) is 11.1 Å². The van der Waals surface area contributed by atoms with Crippen molar-refractivity contribution in [1.82, 2.24) is 9.97 Å². The fourth-order valence-electron chi connectivity index (χ4n) is 1.89. The number of hydrogen-bond acceptors (Lipinski definition) is 3. The van der Waals surface area contributed by atoms with Crippen LogP contribution in [0.25, 0.3) is 0 Å². The number of benzene rings is 1. The van der Waals surface area contributed by atoms with Crippen molar-refractivity contribution in [3.05, 3.63) is 54.0 Å².